The lowest BCUT2D eigenvalue weighted by Crippen LogP contribution is -3.00. The van der Waals surface area contributed by atoms with Gasteiger partial charge in [0.2, 0.25) is 0 Å². The van der Waals surface area contributed by atoms with E-state index in [1.54, 1.807) is 0 Å². The zero-order valence-corrected chi connectivity index (χ0v) is 24.0. The number of carbonyl (C=O) groups is 1. The summed E-state index contributed by atoms with van der Waals surface area (Å²) in [6, 6.07) is 19.0. The second-order valence-corrected chi connectivity index (χ2v) is 10.2. The molecule has 0 N–H and O–H groups in total. The molecule has 2 rings (SSSR count). The van der Waals surface area contributed by atoms with Crippen LogP contribution < -0.4 is 26.2 Å². The number of halogens is 1. The fourth-order valence-corrected chi connectivity index (χ4v) is 4.43. The molecule has 35 heavy (non-hydrogen) atoms. The highest BCUT2D eigenvalue weighted by Crippen LogP contribution is 2.19. The Balaban J connectivity index is 0.00000612. The van der Waals surface area contributed by atoms with Gasteiger partial charge in [-0.3, -0.25) is 9.28 Å². The van der Waals surface area contributed by atoms with E-state index in [0.717, 1.165) is 49.1 Å². The second kappa shape index (κ2) is 18.6. The SMILES string of the molecule is CCCCCCCCCCOc1ccc(CCCC(=O)CCC[N+](C)(C)c2ccccc2)cc1.[Br-]. The van der Waals surface area contributed by atoms with Crippen LogP contribution in [0.5, 0.6) is 5.75 Å². The molecule has 0 fully saturated rings. The van der Waals surface area contributed by atoms with E-state index < -0.39 is 0 Å². The number of para-hydroxylation sites is 1. The Hall–Kier alpha value is -1.65. The van der Waals surface area contributed by atoms with Gasteiger partial charge in [0, 0.05) is 19.3 Å². The van der Waals surface area contributed by atoms with Gasteiger partial charge in [-0.1, -0.05) is 82.2 Å². The number of unbranched alkanes of at least 4 members (excludes halogenated alkanes) is 7. The number of benzene rings is 2. The number of quaternary nitrogens is 1. The van der Waals surface area contributed by atoms with Gasteiger partial charge in [-0.25, -0.2) is 0 Å². The van der Waals surface area contributed by atoms with Crippen LogP contribution in [0.2, 0.25) is 0 Å². The van der Waals surface area contributed by atoms with Crippen molar-refractivity contribution in [2.75, 3.05) is 27.2 Å². The lowest BCUT2D eigenvalue weighted by atomic mass is 10.0. The summed E-state index contributed by atoms with van der Waals surface area (Å²) in [6.07, 6.45) is 14.7. The van der Waals surface area contributed by atoms with Crippen LogP contribution in [0.3, 0.4) is 0 Å². The molecule has 0 aromatic heterocycles. The molecule has 0 saturated heterocycles. The molecule has 0 spiro atoms. The predicted molar refractivity (Wildman–Crippen MR) is 147 cm³/mol. The van der Waals surface area contributed by atoms with Crippen molar-refractivity contribution in [3.63, 3.8) is 0 Å². The molecule has 0 unspecified atom stereocenters. The van der Waals surface area contributed by atoms with Crippen LogP contribution in [-0.4, -0.2) is 33.0 Å². The zero-order valence-electron chi connectivity index (χ0n) is 22.4. The number of rotatable bonds is 19. The average molecular weight is 547 g/mol. The Morgan fingerprint density at radius 2 is 1.34 bits per heavy atom. The summed E-state index contributed by atoms with van der Waals surface area (Å²) in [4.78, 5) is 12.3. The van der Waals surface area contributed by atoms with Gasteiger partial charge in [0.1, 0.15) is 17.2 Å². The van der Waals surface area contributed by atoms with Crippen LogP contribution in [-0.2, 0) is 11.2 Å². The molecule has 3 nitrogen and oxygen atoms in total. The predicted octanol–water partition coefficient (Wildman–Crippen LogP) is 5.15. The van der Waals surface area contributed by atoms with E-state index in [-0.39, 0.29) is 17.0 Å². The van der Waals surface area contributed by atoms with Gasteiger partial charge in [-0.05, 0) is 49.1 Å². The Labute approximate surface area is 225 Å². The summed E-state index contributed by atoms with van der Waals surface area (Å²) < 4.78 is 6.72. The Bertz CT molecular complexity index is 789. The number of hydrogen-bond donors (Lipinski definition) is 0. The largest absolute Gasteiger partial charge is 1.00 e. The smallest absolute Gasteiger partial charge is 0.133 e. The molecular weight excluding hydrogens is 498 g/mol. The molecule has 0 aliphatic heterocycles. The van der Waals surface area contributed by atoms with Crippen LogP contribution in [0.25, 0.3) is 0 Å². The lowest BCUT2D eigenvalue weighted by Gasteiger charge is -2.29. The van der Waals surface area contributed by atoms with Crippen molar-refractivity contribution in [3.8, 4) is 5.75 Å². The van der Waals surface area contributed by atoms with Gasteiger partial charge >= 0.3 is 0 Å². The number of nitrogens with zero attached hydrogens (tertiary/aromatic N) is 1. The summed E-state index contributed by atoms with van der Waals surface area (Å²) in [5, 5.41) is 0. The first-order valence-corrected chi connectivity index (χ1v) is 13.6. The minimum absolute atomic E-state index is 0. The highest BCUT2D eigenvalue weighted by Gasteiger charge is 2.18. The molecule has 0 amide bonds. The topological polar surface area (TPSA) is 26.3 Å². The van der Waals surface area contributed by atoms with E-state index in [1.807, 2.05) is 6.07 Å². The zero-order chi connectivity index (χ0) is 24.5. The van der Waals surface area contributed by atoms with Gasteiger partial charge in [0.15, 0.2) is 0 Å². The molecule has 196 valence electrons. The van der Waals surface area contributed by atoms with E-state index in [9.17, 15) is 4.79 Å². The molecule has 0 heterocycles. The third-order valence-corrected chi connectivity index (χ3v) is 6.74. The molecule has 0 bridgehead atoms. The highest BCUT2D eigenvalue weighted by molar-refractivity contribution is 5.78. The summed E-state index contributed by atoms with van der Waals surface area (Å²) >= 11 is 0. The fourth-order valence-electron chi connectivity index (χ4n) is 4.43. The molecule has 0 atom stereocenters. The van der Waals surface area contributed by atoms with E-state index in [1.165, 1.54) is 56.2 Å². The second-order valence-electron chi connectivity index (χ2n) is 10.2. The summed E-state index contributed by atoms with van der Waals surface area (Å²) in [5.74, 6) is 1.35. The lowest BCUT2D eigenvalue weighted by molar-refractivity contribution is -0.119. The van der Waals surface area contributed by atoms with Crippen molar-refractivity contribution in [2.24, 2.45) is 0 Å². The van der Waals surface area contributed by atoms with Crippen LogP contribution in [0, 0.1) is 0 Å². The average Bonchev–Trinajstić information content (AvgIpc) is 2.84. The molecule has 2 aromatic carbocycles. The Morgan fingerprint density at radius 3 is 2.00 bits per heavy atom. The van der Waals surface area contributed by atoms with Crippen molar-refractivity contribution in [2.45, 2.75) is 90.4 Å². The van der Waals surface area contributed by atoms with Crippen molar-refractivity contribution >= 4 is 11.5 Å². The van der Waals surface area contributed by atoms with Crippen LogP contribution in [0.4, 0.5) is 5.69 Å². The van der Waals surface area contributed by atoms with Crippen LogP contribution >= 0.6 is 0 Å². The number of hydrogen-bond acceptors (Lipinski definition) is 2. The number of Topliss-reactive ketones (excluding diaryl/α,β-unsaturated/α-hetero) is 1. The molecule has 0 aliphatic rings. The third-order valence-electron chi connectivity index (χ3n) is 6.74. The summed E-state index contributed by atoms with van der Waals surface area (Å²) in [6.45, 7) is 4.06. The van der Waals surface area contributed by atoms with Crippen molar-refractivity contribution in [3.05, 3.63) is 60.2 Å². The standard InChI is InChI=1S/C31H48NO2.BrH/c1-4-5-6-7-8-9-10-14-27-34-31-24-22-28(23-25-31)17-15-20-30(33)21-16-26-32(2,3)29-18-12-11-13-19-29;/h11-13,18-19,22-25H,4-10,14-17,20-21,26-27H2,1-3H3;1H/q+1;/p-1. The van der Waals surface area contributed by atoms with Crippen molar-refractivity contribution in [1.82, 2.24) is 4.48 Å². The minimum atomic E-state index is 0. The highest BCUT2D eigenvalue weighted by atomic mass is 79.9. The first kappa shape index (κ1) is 31.4. The van der Waals surface area contributed by atoms with E-state index >= 15 is 0 Å². The van der Waals surface area contributed by atoms with Gasteiger partial charge in [0.25, 0.3) is 0 Å². The van der Waals surface area contributed by atoms with Gasteiger partial charge < -0.3 is 21.7 Å². The van der Waals surface area contributed by atoms with E-state index in [0.29, 0.717) is 18.6 Å². The molecular formula is C31H48BrNO2. The van der Waals surface area contributed by atoms with Gasteiger partial charge in [-0.2, -0.15) is 0 Å². The van der Waals surface area contributed by atoms with Crippen LogP contribution in [0.1, 0.15) is 89.5 Å². The normalized spacial score (nSPS) is 11.2. The molecule has 0 aliphatic carbocycles. The number of carbonyl (C=O) groups excluding carboxylic acids is 1. The van der Waals surface area contributed by atoms with E-state index in [4.69, 9.17) is 4.74 Å². The van der Waals surface area contributed by atoms with E-state index in [2.05, 4.69) is 69.6 Å². The molecule has 2 aromatic rings. The molecule has 0 radical (unpaired) electrons. The minimum Gasteiger partial charge on any atom is -1.00 e. The number of ether oxygens (including phenoxy) is 1. The quantitative estimate of drug-likeness (QED) is 0.180. The molecule has 0 saturated carbocycles. The fraction of sp³-hybridized carbons (Fsp3) is 0.581. The van der Waals surface area contributed by atoms with Crippen LogP contribution in [0.15, 0.2) is 54.6 Å². The molecule has 4 heteroatoms. The Kier molecular flexibility index (Phi) is 16.7. The number of ketones is 1. The number of aryl methyl sites for hydroxylation is 1. The maximum absolute atomic E-state index is 12.3. The first-order chi connectivity index (χ1) is 16.5. The summed E-state index contributed by atoms with van der Waals surface area (Å²) in [7, 11) is 4.42. The first-order valence-electron chi connectivity index (χ1n) is 13.6. The monoisotopic (exact) mass is 545 g/mol. The maximum atomic E-state index is 12.3. The van der Waals surface area contributed by atoms with Crippen molar-refractivity contribution in [1.29, 1.82) is 0 Å². The maximum Gasteiger partial charge on any atom is 0.133 e. The van der Waals surface area contributed by atoms with Gasteiger partial charge in [0.05, 0.1) is 27.2 Å². The summed E-state index contributed by atoms with van der Waals surface area (Å²) in [5.41, 5.74) is 2.58. The Morgan fingerprint density at radius 1 is 0.743 bits per heavy atom. The van der Waals surface area contributed by atoms with Gasteiger partial charge in [-0.15, -0.1) is 0 Å². The van der Waals surface area contributed by atoms with Crippen molar-refractivity contribution < 1.29 is 26.5 Å². The third kappa shape index (κ3) is 13.9.